The lowest BCUT2D eigenvalue weighted by Crippen LogP contribution is -2.10. The van der Waals surface area contributed by atoms with E-state index in [0.717, 1.165) is 42.4 Å². The van der Waals surface area contributed by atoms with Gasteiger partial charge in [0.2, 0.25) is 5.95 Å². The Balaban J connectivity index is 1.97. The van der Waals surface area contributed by atoms with Crippen LogP contribution >= 0.6 is 0 Å². The van der Waals surface area contributed by atoms with Crippen LogP contribution in [-0.4, -0.2) is 41.3 Å². The molecular weight excluding hydrogens is 370 g/mol. The standard InChI is InChI=1S/C21H27N5O3/c1-4-5-6-10-23-19-18-16(24-21(22)25-19)9-11-26(18)13-15-12-14(20(27)29-3)7-8-17(15)28-2/h7-9,11-12H,4-6,10,13H2,1-3H3,(H3,22,23,24,25). The van der Waals surface area contributed by atoms with Crippen LogP contribution in [0.4, 0.5) is 11.8 Å². The molecule has 0 aliphatic rings. The summed E-state index contributed by atoms with van der Waals surface area (Å²) in [7, 11) is 2.97. The number of nitrogens with one attached hydrogen (secondary N) is 1. The third-order valence-corrected chi connectivity index (χ3v) is 4.74. The number of nitrogen functional groups attached to an aromatic ring is 1. The Morgan fingerprint density at radius 2 is 2.03 bits per heavy atom. The first-order valence-corrected chi connectivity index (χ1v) is 9.68. The summed E-state index contributed by atoms with van der Waals surface area (Å²) in [4.78, 5) is 20.7. The zero-order chi connectivity index (χ0) is 20.8. The van der Waals surface area contributed by atoms with Crippen molar-refractivity contribution in [1.82, 2.24) is 14.5 Å². The zero-order valence-corrected chi connectivity index (χ0v) is 17.1. The van der Waals surface area contributed by atoms with Crippen LogP contribution in [0.1, 0.15) is 42.1 Å². The molecule has 0 unspecified atom stereocenters. The van der Waals surface area contributed by atoms with Gasteiger partial charge < -0.3 is 25.1 Å². The van der Waals surface area contributed by atoms with Crippen LogP contribution in [-0.2, 0) is 11.3 Å². The maximum Gasteiger partial charge on any atom is 0.337 e. The van der Waals surface area contributed by atoms with Gasteiger partial charge in [-0.3, -0.25) is 0 Å². The number of rotatable bonds is 9. The van der Waals surface area contributed by atoms with Gasteiger partial charge in [-0.05, 0) is 30.7 Å². The van der Waals surface area contributed by atoms with Gasteiger partial charge in [-0.25, -0.2) is 9.78 Å². The first-order valence-electron chi connectivity index (χ1n) is 9.68. The molecule has 0 aliphatic heterocycles. The van der Waals surface area contributed by atoms with E-state index >= 15 is 0 Å². The van der Waals surface area contributed by atoms with Crippen molar-refractivity contribution in [3.63, 3.8) is 0 Å². The number of hydrogen-bond acceptors (Lipinski definition) is 7. The summed E-state index contributed by atoms with van der Waals surface area (Å²) >= 11 is 0. The minimum atomic E-state index is -0.388. The Morgan fingerprint density at radius 3 is 2.76 bits per heavy atom. The van der Waals surface area contributed by atoms with E-state index in [4.69, 9.17) is 15.2 Å². The third-order valence-electron chi connectivity index (χ3n) is 4.74. The first kappa shape index (κ1) is 20.4. The van der Waals surface area contributed by atoms with Gasteiger partial charge in [0.15, 0.2) is 5.82 Å². The highest BCUT2D eigenvalue weighted by molar-refractivity contribution is 5.90. The zero-order valence-electron chi connectivity index (χ0n) is 17.1. The van der Waals surface area contributed by atoms with Gasteiger partial charge in [0.1, 0.15) is 11.3 Å². The smallest absolute Gasteiger partial charge is 0.337 e. The van der Waals surface area contributed by atoms with E-state index in [9.17, 15) is 4.79 Å². The van der Waals surface area contributed by atoms with Crippen LogP contribution < -0.4 is 15.8 Å². The lowest BCUT2D eigenvalue weighted by molar-refractivity contribution is 0.0600. The van der Waals surface area contributed by atoms with Crippen LogP contribution in [0.3, 0.4) is 0 Å². The number of unbranched alkanes of at least 4 members (excludes halogenated alkanes) is 2. The largest absolute Gasteiger partial charge is 0.496 e. The summed E-state index contributed by atoms with van der Waals surface area (Å²) in [6.07, 6.45) is 5.28. The van der Waals surface area contributed by atoms with Crippen LogP contribution in [0.15, 0.2) is 30.5 Å². The van der Waals surface area contributed by atoms with E-state index in [2.05, 4.69) is 22.2 Å². The molecule has 8 nitrogen and oxygen atoms in total. The molecule has 3 rings (SSSR count). The number of anilines is 2. The molecule has 0 radical (unpaired) electrons. The third kappa shape index (κ3) is 4.59. The molecular formula is C21H27N5O3. The summed E-state index contributed by atoms with van der Waals surface area (Å²) in [5, 5.41) is 3.39. The van der Waals surface area contributed by atoms with Crippen molar-refractivity contribution in [2.45, 2.75) is 32.7 Å². The highest BCUT2D eigenvalue weighted by Crippen LogP contribution is 2.27. The molecule has 1 aromatic carbocycles. The lowest BCUT2D eigenvalue weighted by Gasteiger charge is -2.14. The predicted octanol–water partition coefficient (Wildman–Crippen LogP) is 3.46. The van der Waals surface area contributed by atoms with Gasteiger partial charge in [-0.15, -0.1) is 0 Å². The van der Waals surface area contributed by atoms with E-state index in [0.29, 0.717) is 23.7 Å². The topological polar surface area (TPSA) is 104 Å². The van der Waals surface area contributed by atoms with Crippen molar-refractivity contribution >= 4 is 28.8 Å². The molecule has 0 saturated carbocycles. The van der Waals surface area contributed by atoms with Gasteiger partial charge in [0.05, 0.1) is 31.8 Å². The maximum absolute atomic E-state index is 11.9. The quantitative estimate of drug-likeness (QED) is 0.421. The Hall–Kier alpha value is -3.29. The SMILES string of the molecule is CCCCCNc1nc(N)nc2ccn(Cc3cc(C(=O)OC)ccc3OC)c12. The number of esters is 1. The van der Waals surface area contributed by atoms with Crippen molar-refractivity contribution < 1.29 is 14.3 Å². The molecule has 3 N–H and O–H groups in total. The average molecular weight is 397 g/mol. The number of fused-ring (bicyclic) bond motifs is 1. The Labute approximate surface area is 170 Å². The van der Waals surface area contributed by atoms with Crippen molar-refractivity contribution in [2.24, 2.45) is 0 Å². The number of nitrogens with two attached hydrogens (primary N) is 1. The molecule has 0 bridgehead atoms. The van der Waals surface area contributed by atoms with Gasteiger partial charge in [0, 0.05) is 18.3 Å². The molecule has 2 heterocycles. The minimum Gasteiger partial charge on any atom is -0.496 e. The highest BCUT2D eigenvalue weighted by atomic mass is 16.5. The fraction of sp³-hybridized carbons (Fsp3) is 0.381. The maximum atomic E-state index is 11.9. The Kier molecular flexibility index (Phi) is 6.54. The number of ether oxygens (including phenoxy) is 2. The van der Waals surface area contributed by atoms with E-state index in [1.54, 1.807) is 25.3 Å². The fourth-order valence-electron chi connectivity index (χ4n) is 3.29. The monoisotopic (exact) mass is 397 g/mol. The minimum absolute atomic E-state index is 0.235. The Bertz CT molecular complexity index is 999. The summed E-state index contributed by atoms with van der Waals surface area (Å²) in [6, 6.07) is 7.14. The van der Waals surface area contributed by atoms with E-state index in [1.165, 1.54) is 7.11 Å². The number of aromatic nitrogens is 3. The van der Waals surface area contributed by atoms with E-state index in [1.807, 2.05) is 16.8 Å². The van der Waals surface area contributed by atoms with Crippen molar-refractivity contribution in [3.05, 3.63) is 41.6 Å². The van der Waals surface area contributed by atoms with Crippen LogP contribution in [0.2, 0.25) is 0 Å². The molecule has 0 aliphatic carbocycles. The summed E-state index contributed by atoms with van der Waals surface area (Å²) in [5.74, 6) is 1.24. The van der Waals surface area contributed by atoms with E-state index in [-0.39, 0.29) is 11.9 Å². The second-order valence-corrected chi connectivity index (χ2v) is 6.76. The first-order chi connectivity index (χ1) is 14.1. The molecule has 0 atom stereocenters. The van der Waals surface area contributed by atoms with Gasteiger partial charge >= 0.3 is 5.97 Å². The summed E-state index contributed by atoms with van der Waals surface area (Å²) in [5.41, 5.74) is 8.83. The number of benzene rings is 1. The van der Waals surface area contributed by atoms with Crippen molar-refractivity contribution in [2.75, 3.05) is 31.8 Å². The molecule has 0 saturated heterocycles. The molecule has 29 heavy (non-hydrogen) atoms. The number of carbonyl (C=O) groups excluding carboxylic acids is 1. The second-order valence-electron chi connectivity index (χ2n) is 6.76. The normalized spacial score (nSPS) is 10.9. The van der Waals surface area contributed by atoms with Gasteiger partial charge in [-0.2, -0.15) is 4.98 Å². The number of hydrogen-bond donors (Lipinski definition) is 2. The van der Waals surface area contributed by atoms with Crippen LogP contribution in [0.5, 0.6) is 5.75 Å². The Morgan fingerprint density at radius 1 is 1.21 bits per heavy atom. The molecule has 154 valence electrons. The number of carbonyl (C=O) groups is 1. The summed E-state index contributed by atoms with van der Waals surface area (Å²) in [6.45, 7) is 3.46. The summed E-state index contributed by atoms with van der Waals surface area (Å²) < 4.78 is 12.3. The lowest BCUT2D eigenvalue weighted by atomic mass is 10.1. The number of methoxy groups -OCH3 is 2. The molecule has 2 aromatic heterocycles. The molecule has 0 fully saturated rings. The van der Waals surface area contributed by atoms with Crippen molar-refractivity contribution in [1.29, 1.82) is 0 Å². The average Bonchev–Trinajstić information content (AvgIpc) is 3.12. The number of nitrogens with zero attached hydrogens (tertiary/aromatic N) is 3. The van der Waals surface area contributed by atoms with Gasteiger partial charge in [0.25, 0.3) is 0 Å². The second kappa shape index (κ2) is 9.27. The molecule has 0 amide bonds. The van der Waals surface area contributed by atoms with Crippen LogP contribution in [0, 0.1) is 0 Å². The molecule has 0 spiro atoms. The predicted molar refractivity (Wildman–Crippen MR) is 113 cm³/mol. The van der Waals surface area contributed by atoms with Gasteiger partial charge in [-0.1, -0.05) is 19.8 Å². The molecule has 3 aromatic rings. The highest BCUT2D eigenvalue weighted by Gasteiger charge is 2.15. The van der Waals surface area contributed by atoms with Crippen LogP contribution in [0.25, 0.3) is 11.0 Å². The molecule has 8 heteroatoms. The van der Waals surface area contributed by atoms with Crippen molar-refractivity contribution in [3.8, 4) is 5.75 Å². The fourth-order valence-corrected chi connectivity index (χ4v) is 3.29. The van der Waals surface area contributed by atoms with E-state index < -0.39 is 0 Å².